The van der Waals surface area contributed by atoms with Gasteiger partial charge in [0, 0.05) is 0 Å². The average Bonchev–Trinajstić information content (AvgIpc) is 2.85. The van der Waals surface area contributed by atoms with E-state index in [9.17, 15) is 0 Å². The number of aromatic nitrogens is 2. The molecular formula is C9H11N3OS2. The van der Waals surface area contributed by atoms with E-state index in [2.05, 4.69) is 15.5 Å². The first-order chi connectivity index (χ1) is 7.38. The van der Waals surface area contributed by atoms with Crippen molar-refractivity contribution >= 4 is 23.1 Å². The number of nitrogens with one attached hydrogen (secondary N) is 1. The van der Waals surface area contributed by atoms with Crippen LogP contribution in [0, 0.1) is 0 Å². The van der Waals surface area contributed by atoms with E-state index in [-0.39, 0.29) is 0 Å². The van der Waals surface area contributed by atoms with Crippen LogP contribution in [0.15, 0.2) is 26.4 Å². The van der Waals surface area contributed by atoms with Crippen LogP contribution < -0.4 is 5.32 Å². The van der Waals surface area contributed by atoms with Gasteiger partial charge in [0.05, 0.1) is 12.3 Å². The second-order valence-corrected chi connectivity index (χ2v) is 4.95. The fourth-order valence-electron chi connectivity index (χ4n) is 1.13. The molecule has 0 spiro atoms. The summed E-state index contributed by atoms with van der Waals surface area (Å²) < 4.78 is 6.57. The molecular weight excluding hydrogens is 230 g/mol. The van der Waals surface area contributed by atoms with Gasteiger partial charge in [-0.3, -0.25) is 0 Å². The van der Waals surface area contributed by atoms with Crippen molar-refractivity contribution in [3.63, 3.8) is 0 Å². The molecule has 2 aromatic rings. The maximum absolute atomic E-state index is 5.60. The van der Waals surface area contributed by atoms with E-state index < -0.39 is 0 Å². The fourth-order valence-corrected chi connectivity index (χ4v) is 2.51. The Morgan fingerprint density at radius 2 is 2.33 bits per heavy atom. The zero-order valence-electron chi connectivity index (χ0n) is 8.27. The van der Waals surface area contributed by atoms with Crippen LogP contribution in [0.1, 0.15) is 11.5 Å². The molecule has 15 heavy (non-hydrogen) atoms. The molecule has 0 aliphatic heterocycles. The highest BCUT2D eigenvalue weighted by atomic mass is 32.2. The monoisotopic (exact) mass is 241 g/mol. The molecule has 0 fully saturated rings. The number of hydrogen-bond acceptors (Lipinski definition) is 6. The molecule has 0 amide bonds. The standard InChI is InChI=1S/C9H11N3OS2/c1-10-4-7-2-3-8(13-7)5-14-9-12-11-6-15-9/h2-3,6,10H,4-5H2,1H3. The van der Waals surface area contributed by atoms with E-state index in [0.717, 1.165) is 28.2 Å². The van der Waals surface area contributed by atoms with E-state index in [1.807, 2.05) is 19.2 Å². The highest BCUT2D eigenvalue weighted by Crippen LogP contribution is 2.24. The zero-order chi connectivity index (χ0) is 10.5. The Morgan fingerprint density at radius 3 is 3.07 bits per heavy atom. The molecule has 0 saturated carbocycles. The molecule has 0 aliphatic carbocycles. The summed E-state index contributed by atoms with van der Waals surface area (Å²) in [5, 5.41) is 10.8. The molecule has 6 heteroatoms. The van der Waals surface area contributed by atoms with Crippen LogP contribution in [0.5, 0.6) is 0 Å². The predicted molar refractivity (Wildman–Crippen MR) is 60.9 cm³/mol. The second kappa shape index (κ2) is 5.29. The number of nitrogens with zero attached hydrogens (tertiary/aromatic N) is 2. The minimum absolute atomic E-state index is 0.767. The first-order valence-electron chi connectivity index (χ1n) is 4.49. The van der Waals surface area contributed by atoms with Crippen LogP contribution >= 0.6 is 23.1 Å². The Hall–Kier alpha value is -0.850. The zero-order valence-corrected chi connectivity index (χ0v) is 9.90. The van der Waals surface area contributed by atoms with Gasteiger partial charge in [-0.2, -0.15) is 0 Å². The molecule has 2 aromatic heterocycles. The molecule has 0 aliphatic rings. The summed E-state index contributed by atoms with van der Waals surface area (Å²) in [5.74, 6) is 2.74. The summed E-state index contributed by atoms with van der Waals surface area (Å²) in [4.78, 5) is 0. The SMILES string of the molecule is CNCc1ccc(CSc2nncs2)o1. The Labute approximate surface area is 96.1 Å². The number of rotatable bonds is 5. The van der Waals surface area contributed by atoms with Gasteiger partial charge in [-0.05, 0) is 19.2 Å². The first kappa shape index (κ1) is 10.7. The van der Waals surface area contributed by atoms with Crippen molar-refractivity contribution in [2.24, 2.45) is 0 Å². The molecule has 2 rings (SSSR count). The maximum atomic E-state index is 5.60. The lowest BCUT2D eigenvalue weighted by Crippen LogP contribution is -2.03. The number of furan rings is 1. The predicted octanol–water partition coefficient (Wildman–Crippen LogP) is 2.14. The highest BCUT2D eigenvalue weighted by molar-refractivity contribution is 8.00. The molecule has 0 saturated heterocycles. The van der Waals surface area contributed by atoms with E-state index in [1.165, 1.54) is 0 Å². The van der Waals surface area contributed by atoms with E-state index in [1.54, 1.807) is 28.6 Å². The van der Waals surface area contributed by atoms with Crippen LogP contribution in [0.2, 0.25) is 0 Å². The largest absolute Gasteiger partial charge is 0.464 e. The van der Waals surface area contributed by atoms with E-state index in [0.29, 0.717) is 0 Å². The Balaban J connectivity index is 1.88. The number of thioether (sulfide) groups is 1. The van der Waals surface area contributed by atoms with Crippen molar-refractivity contribution in [3.05, 3.63) is 29.2 Å². The Bertz CT molecular complexity index is 399. The summed E-state index contributed by atoms with van der Waals surface area (Å²) in [6.45, 7) is 0.767. The smallest absolute Gasteiger partial charge is 0.174 e. The molecule has 1 N–H and O–H groups in total. The molecule has 0 unspecified atom stereocenters. The summed E-state index contributed by atoms with van der Waals surface area (Å²) in [7, 11) is 1.90. The van der Waals surface area contributed by atoms with E-state index >= 15 is 0 Å². The van der Waals surface area contributed by atoms with Crippen molar-refractivity contribution in [3.8, 4) is 0 Å². The first-order valence-corrected chi connectivity index (χ1v) is 6.36. The summed E-state index contributed by atoms with van der Waals surface area (Å²) in [6.07, 6.45) is 0. The van der Waals surface area contributed by atoms with Gasteiger partial charge >= 0.3 is 0 Å². The number of hydrogen-bond donors (Lipinski definition) is 1. The molecule has 0 radical (unpaired) electrons. The molecule has 4 nitrogen and oxygen atoms in total. The topological polar surface area (TPSA) is 51.0 Å². The minimum Gasteiger partial charge on any atom is -0.464 e. The van der Waals surface area contributed by atoms with Crippen LogP contribution in [0.25, 0.3) is 0 Å². The van der Waals surface area contributed by atoms with Crippen LogP contribution in [0.4, 0.5) is 0 Å². The maximum Gasteiger partial charge on any atom is 0.174 e. The molecule has 2 heterocycles. The third kappa shape index (κ3) is 3.05. The normalized spacial score (nSPS) is 10.7. The van der Waals surface area contributed by atoms with E-state index in [4.69, 9.17) is 4.42 Å². The van der Waals surface area contributed by atoms with Gasteiger partial charge in [-0.1, -0.05) is 23.1 Å². The highest BCUT2D eigenvalue weighted by Gasteiger charge is 2.03. The van der Waals surface area contributed by atoms with Crippen molar-refractivity contribution in [2.75, 3.05) is 7.05 Å². The second-order valence-electron chi connectivity index (χ2n) is 2.89. The van der Waals surface area contributed by atoms with Gasteiger partial charge in [0.15, 0.2) is 4.34 Å². The van der Waals surface area contributed by atoms with Crippen LogP contribution in [0.3, 0.4) is 0 Å². The Kier molecular flexibility index (Phi) is 3.76. The molecule has 80 valence electrons. The summed E-state index contributed by atoms with van der Waals surface area (Å²) in [5.41, 5.74) is 1.73. The van der Waals surface area contributed by atoms with Gasteiger partial charge in [0.25, 0.3) is 0 Å². The van der Waals surface area contributed by atoms with Gasteiger partial charge in [-0.25, -0.2) is 0 Å². The summed E-state index contributed by atoms with van der Waals surface area (Å²) >= 11 is 3.19. The quantitative estimate of drug-likeness (QED) is 0.813. The third-order valence-electron chi connectivity index (χ3n) is 1.75. The summed E-state index contributed by atoms with van der Waals surface area (Å²) in [6, 6.07) is 3.99. The lowest BCUT2D eigenvalue weighted by molar-refractivity contribution is 0.469. The van der Waals surface area contributed by atoms with Crippen molar-refractivity contribution < 1.29 is 4.42 Å². The van der Waals surface area contributed by atoms with Gasteiger partial charge in [-0.15, -0.1) is 10.2 Å². The van der Waals surface area contributed by atoms with Gasteiger partial charge in [0.2, 0.25) is 0 Å². The van der Waals surface area contributed by atoms with Crippen molar-refractivity contribution in [1.29, 1.82) is 0 Å². The van der Waals surface area contributed by atoms with Crippen LogP contribution in [-0.2, 0) is 12.3 Å². The van der Waals surface area contributed by atoms with Crippen molar-refractivity contribution in [1.82, 2.24) is 15.5 Å². The van der Waals surface area contributed by atoms with Crippen molar-refractivity contribution in [2.45, 2.75) is 16.6 Å². The average molecular weight is 241 g/mol. The molecule has 0 bridgehead atoms. The lowest BCUT2D eigenvalue weighted by atomic mass is 10.4. The fraction of sp³-hybridized carbons (Fsp3) is 0.333. The minimum atomic E-state index is 0.767. The Morgan fingerprint density at radius 1 is 1.47 bits per heavy atom. The molecule has 0 aromatic carbocycles. The van der Waals surface area contributed by atoms with Crippen LogP contribution in [-0.4, -0.2) is 17.2 Å². The molecule has 0 atom stereocenters. The third-order valence-corrected chi connectivity index (χ3v) is 3.63. The van der Waals surface area contributed by atoms with Gasteiger partial charge < -0.3 is 9.73 Å². The van der Waals surface area contributed by atoms with Gasteiger partial charge in [0.1, 0.15) is 17.0 Å². The lowest BCUT2D eigenvalue weighted by Gasteiger charge is -1.94.